The van der Waals surface area contributed by atoms with E-state index < -0.39 is 17.8 Å². The molecule has 0 bridgehead atoms. The summed E-state index contributed by atoms with van der Waals surface area (Å²) < 4.78 is 16.5. The number of rotatable bonds is 12. The zero-order valence-corrected chi connectivity index (χ0v) is 25.8. The first-order chi connectivity index (χ1) is 20.9. The van der Waals surface area contributed by atoms with E-state index in [1.54, 1.807) is 31.5 Å². The Labute approximate surface area is 254 Å². The van der Waals surface area contributed by atoms with E-state index in [1.807, 2.05) is 36.1 Å². The fraction of sp³-hybridized carbons (Fsp3) is 0.625. The minimum absolute atomic E-state index is 0.137. The molecule has 1 saturated carbocycles. The van der Waals surface area contributed by atoms with Crippen molar-refractivity contribution in [3.8, 4) is 5.75 Å². The Balaban J connectivity index is 1.47. The standard InChI is InChI=1S/C32H47N5O6/c1-4-36(18-15-26-22-33-23-34-26)30(39)35-28(21-24-11-13-27(41-3)14-12-24)29(38)37-19-16-32(17-20-37,43-31(40)42-5-2)25-9-7-6-8-10-25/h11-14,22-23,25,28H,4-10,15-21H2,1-3H3,(H,33,34)(H,35,39). The van der Waals surface area contributed by atoms with E-state index >= 15 is 0 Å². The van der Waals surface area contributed by atoms with Gasteiger partial charge >= 0.3 is 12.2 Å². The van der Waals surface area contributed by atoms with Crippen LogP contribution in [0.1, 0.15) is 70.1 Å². The molecule has 1 unspecified atom stereocenters. The SMILES string of the molecule is CCOC(=O)OC1(C2CCCCC2)CCN(C(=O)C(Cc2ccc(OC)cc2)NC(=O)N(CC)CCc2cnc[nH]2)CC1. The summed E-state index contributed by atoms with van der Waals surface area (Å²) in [5.41, 5.74) is 1.22. The van der Waals surface area contributed by atoms with Crippen LogP contribution < -0.4 is 10.1 Å². The second-order valence-electron chi connectivity index (χ2n) is 11.5. The maximum Gasteiger partial charge on any atom is 0.508 e. The van der Waals surface area contributed by atoms with Gasteiger partial charge in [-0.2, -0.15) is 0 Å². The maximum absolute atomic E-state index is 14.1. The smallest absolute Gasteiger partial charge is 0.497 e. The monoisotopic (exact) mass is 597 g/mol. The molecule has 43 heavy (non-hydrogen) atoms. The molecule has 1 aromatic heterocycles. The minimum atomic E-state index is -0.754. The number of nitrogens with one attached hydrogen (secondary N) is 2. The van der Waals surface area contributed by atoms with E-state index in [2.05, 4.69) is 15.3 Å². The van der Waals surface area contributed by atoms with Gasteiger partial charge in [0.2, 0.25) is 5.91 Å². The summed E-state index contributed by atoms with van der Waals surface area (Å²) in [5, 5.41) is 3.04. The van der Waals surface area contributed by atoms with Gasteiger partial charge in [0, 0.05) is 63.8 Å². The average Bonchev–Trinajstić information content (AvgIpc) is 3.56. The number of aromatic amines is 1. The molecule has 1 aliphatic carbocycles. The van der Waals surface area contributed by atoms with E-state index in [9.17, 15) is 14.4 Å². The van der Waals surface area contributed by atoms with Crippen molar-refractivity contribution in [2.45, 2.75) is 83.3 Å². The van der Waals surface area contributed by atoms with E-state index in [0.717, 1.165) is 42.7 Å². The molecule has 2 N–H and O–H groups in total. The molecule has 2 aromatic rings. The summed E-state index contributed by atoms with van der Waals surface area (Å²) >= 11 is 0. The number of amides is 3. The van der Waals surface area contributed by atoms with Crippen LogP contribution >= 0.6 is 0 Å². The van der Waals surface area contributed by atoms with Gasteiger partial charge in [-0.15, -0.1) is 0 Å². The fourth-order valence-corrected chi connectivity index (χ4v) is 6.38. The first kappa shape index (κ1) is 32.2. The van der Waals surface area contributed by atoms with Crippen molar-refractivity contribution >= 4 is 18.1 Å². The molecular weight excluding hydrogens is 550 g/mol. The minimum Gasteiger partial charge on any atom is -0.497 e. The summed E-state index contributed by atoms with van der Waals surface area (Å²) in [7, 11) is 1.61. The third kappa shape index (κ3) is 8.64. The van der Waals surface area contributed by atoms with E-state index in [4.69, 9.17) is 14.2 Å². The molecule has 1 aliphatic heterocycles. The molecular formula is C32H47N5O6. The van der Waals surface area contributed by atoms with Crippen molar-refractivity contribution in [3.63, 3.8) is 0 Å². The van der Waals surface area contributed by atoms with Gasteiger partial charge in [-0.1, -0.05) is 31.4 Å². The molecule has 1 saturated heterocycles. The van der Waals surface area contributed by atoms with Gasteiger partial charge in [0.15, 0.2) is 0 Å². The third-order valence-electron chi connectivity index (χ3n) is 8.89. The quantitative estimate of drug-likeness (QED) is 0.339. The number of nitrogens with zero attached hydrogens (tertiary/aromatic N) is 3. The van der Waals surface area contributed by atoms with Crippen molar-refractivity contribution in [1.82, 2.24) is 25.1 Å². The van der Waals surface area contributed by atoms with Crippen LogP contribution in [0, 0.1) is 5.92 Å². The molecule has 4 rings (SSSR count). The fourth-order valence-electron chi connectivity index (χ4n) is 6.38. The van der Waals surface area contributed by atoms with Crippen molar-refractivity contribution in [2.24, 2.45) is 5.92 Å². The Kier molecular flexibility index (Phi) is 11.7. The van der Waals surface area contributed by atoms with Crippen LogP contribution in [0.3, 0.4) is 0 Å². The summed E-state index contributed by atoms with van der Waals surface area (Å²) in [6.07, 6.45) is 10.3. The maximum atomic E-state index is 14.1. The van der Waals surface area contributed by atoms with Crippen LogP contribution in [-0.2, 0) is 27.1 Å². The lowest BCUT2D eigenvalue weighted by Gasteiger charge is -2.47. The first-order valence-corrected chi connectivity index (χ1v) is 15.7. The number of methoxy groups -OCH3 is 1. The summed E-state index contributed by atoms with van der Waals surface area (Å²) in [6, 6.07) is 6.50. The van der Waals surface area contributed by atoms with Crippen LogP contribution in [0.25, 0.3) is 0 Å². The molecule has 1 aromatic carbocycles. The Morgan fingerprint density at radius 2 is 1.84 bits per heavy atom. The van der Waals surface area contributed by atoms with Crippen molar-refractivity contribution in [1.29, 1.82) is 0 Å². The van der Waals surface area contributed by atoms with Crippen LogP contribution in [0.5, 0.6) is 5.75 Å². The molecule has 3 amide bonds. The molecule has 11 nitrogen and oxygen atoms in total. The van der Waals surface area contributed by atoms with Gasteiger partial charge in [0.05, 0.1) is 20.0 Å². The number of hydrogen-bond donors (Lipinski definition) is 2. The van der Waals surface area contributed by atoms with E-state index in [-0.39, 0.29) is 24.5 Å². The molecule has 1 atom stereocenters. The van der Waals surface area contributed by atoms with Crippen LogP contribution in [0.2, 0.25) is 0 Å². The molecule has 0 radical (unpaired) electrons. The summed E-state index contributed by atoms with van der Waals surface area (Å²) in [5.74, 6) is 0.844. The van der Waals surface area contributed by atoms with Crippen molar-refractivity contribution in [3.05, 3.63) is 48.0 Å². The number of piperidine rings is 1. The molecule has 0 spiro atoms. The summed E-state index contributed by atoms with van der Waals surface area (Å²) in [6.45, 7) is 5.83. The molecule has 236 valence electrons. The van der Waals surface area contributed by atoms with E-state index in [1.165, 1.54) is 6.42 Å². The zero-order valence-electron chi connectivity index (χ0n) is 25.8. The number of aromatic nitrogens is 2. The highest BCUT2D eigenvalue weighted by Gasteiger charge is 2.46. The Morgan fingerprint density at radius 1 is 1.12 bits per heavy atom. The lowest BCUT2D eigenvalue weighted by molar-refractivity contribution is -0.143. The zero-order chi connectivity index (χ0) is 30.7. The predicted octanol–water partition coefficient (Wildman–Crippen LogP) is 4.72. The topological polar surface area (TPSA) is 126 Å². The largest absolute Gasteiger partial charge is 0.508 e. The normalized spacial score (nSPS) is 17.5. The first-order valence-electron chi connectivity index (χ1n) is 15.7. The Hall–Kier alpha value is -3.76. The van der Waals surface area contributed by atoms with Gasteiger partial charge in [-0.3, -0.25) is 4.79 Å². The summed E-state index contributed by atoms with van der Waals surface area (Å²) in [4.78, 5) is 50.6. The van der Waals surface area contributed by atoms with Crippen molar-refractivity contribution in [2.75, 3.05) is 39.9 Å². The lowest BCUT2D eigenvalue weighted by atomic mass is 9.72. The number of likely N-dealkylation sites (N-methyl/N-ethyl adjacent to an activating group) is 1. The Morgan fingerprint density at radius 3 is 2.44 bits per heavy atom. The molecule has 2 aliphatic rings. The highest BCUT2D eigenvalue weighted by Crippen LogP contribution is 2.42. The van der Waals surface area contributed by atoms with Gasteiger partial charge in [-0.05, 0) is 50.3 Å². The highest BCUT2D eigenvalue weighted by atomic mass is 16.7. The number of urea groups is 1. The Bertz CT molecular complexity index is 1160. The number of carbonyl (C=O) groups is 3. The van der Waals surface area contributed by atoms with Gasteiger partial charge in [0.25, 0.3) is 0 Å². The number of likely N-dealkylation sites (tertiary alicyclic amines) is 1. The van der Waals surface area contributed by atoms with Gasteiger partial charge in [0.1, 0.15) is 17.4 Å². The van der Waals surface area contributed by atoms with Crippen molar-refractivity contribution < 1.29 is 28.6 Å². The number of H-pyrrole nitrogens is 1. The lowest BCUT2D eigenvalue weighted by Crippen LogP contribution is -2.58. The average molecular weight is 598 g/mol. The molecule has 2 fully saturated rings. The number of hydrogen-bond acceptors (Lipinski definition) is 7. The molecule has 11 heteroatoms. The molecule has 2 heterocycles. The van der Waals surface area contributed by atoms with E-state index in [0.29, 0.717) is 51.9 Å². The number of ether oxygens (including phenoxy) is 3. The number of imidazole rings is 1. The van der Waals surface area contributed by atoms with Crippen LogP contribution in [0.4, 0.5) is 9.59 Å². The highest BCUT2D eigenvalue weighted by molar-refractivity contribution is 5.87. The van der Waals surface area contributed by atoms with Gasteiger partial charge in [-0.25, -0.2) is 14.6 Å². The van der Waals surface area contributed by atoms with Gasteiger partial charge < -0.3 is 34.3 Å². The number of carbonyl (C=O) groups excluding carboxylic acids is 3. The number of benzene rings is 1. The second kappa shape index (κ2) is 15.6. The predicted molar refractivity (Wildman–Crippen MR) is 162 cm³/mol. The van der Waals surface area contributed by atoms with Crippen LogP contribution in [0.15, 0.2) is 36.8 Å². The third-order valence-corrected chi connectivity index (χ3v) is 8.89. The second-order valence-corrected chi connectivity index (χ2v) is 11.5. The van der Waals surface area contributed by atoms with Crippen LogP contribution in [-0.4, -0.2) is 89.4 Å².